The van der Waals surface area contributed by atoms with Gasteiger partial charge in [-0.1, -0.05) is 13.3 Å². The van der Waals surface area contributed by atoms with Crippen LogP contribution >= 0.6 is 0 Å². The Bertz CT molecular complexity index is 295. The Morgan fingerprint density at radius 3 is 2.47 bits per heavy atom. The third-order valence-corrected chi connectivity index (χ3v) is 1.83. The zero-order chi connectivity index (χ0) is 10.4. The number of aromatic hydroxyl groups is 1. The van der Waals surface area contributed by atoms with Crippen molar-refractivity contribution in [1.82, 2.24) is 0 Å². The van der Waals surface area contributed by atoms with Gasteiger partial charge in [0.2, 0.25) is 0 Å². The van der Waals surface area contributed by atoms with E-state index in [1.54, 1.807) is 12.1 Å². The molecule has 1 aromatic rings. The molecule has 0 aliphatic heterocycles. The number of phenols is 1. The van der Waals surface area contributed by atoms with Crippen molar-refractivity contribution in [3.05, 3.63) is 29.8 Å². The van der Waals surface area contributed by atoms with E-state index in [9.17, 15) is 4.79 Å². The second-order valence-electron chi connectivity index (χ2n) is 3.04. The monoisotopic (exact) mass is 217 g/mol. The molecule has 76 valence electrons. The third kappa shape index (κ3) is 5.21. The Balaban J connectivity index is 0.00000196. The van der Waals surface area contributed by atoms with Gasteiger partial charge >= 0.3 is 35.5 Å². The minimum Gasteiger partial charge on any atom is -0.508 e. The third-order valence-electron chi connectivity index (χ3n) is 1.83. The molecule has 4 heteroatoms. The van der Waals surface area contributed by atoms with Crippen molar-refractivity contribution in [3.63, 3.8) is 0 Å². The fourth-order valence-corrected chi connectivity index (χ4v) is 0.990. The van der Waals surface area contributed by atoms with Gasteiger partial charge in [0.1, 0.15) is 5.75 Å². The van der Waals surface area contributed by atoms with Gasteiger partial charge in [-0.05, 0) is 30.7 Å². The number of carbonyl (C=O) groups is 1. The van der Waals surface area contributed by atoms with E-state index >= 15 is 0 Å². The van der Waals surface area contributed by atoms with E-state index in [1.165, 1.54) is 12.1 Å². The van der Waals surface area contributed by atoms with Crippen molar-refractivity contribution in [3.8, 4) is 5.75 Å². The van der Waals surface area contributed by atoms with Crippen LogP contribution in [0.5, 0.6) is 5.75 Å². The molecule has 15 heavy (non-hydrogen) atoms. The Labute approximate surface area is 112 Å². The molecule has 0 fully saturated rings. The summed E-state index contributed by atoms with van der Waals surface area (Å²) in [5.41, 5.74) is 0.471. The zero-order valence-corrected chi connectivity index (χ0v) is 11.2. The van der Waals surface area contributed by atoms with Gasteiger partial charge in [0.05, 0.1) is 12.2 Å². The fraction of sp³-hybridized carbons (Fsp3) is 0.364. The molecule has 0 aromatic heterocycles. The normalized spacial score (nSPS) is 9.13. The maximum absolute atomic E-state index is 11.3. The second kappa shape index (κ2) is 7.74. The van der Waals surface area contributed by atoms with Crippen LogP contribution in [0, 0.1) is 0 Å². The van der Waals surface area contributed by atoms with Gasteiger partial charge in [0.25, 0.3) is 0 Å². The van der Waals surface area contributed by atoms with Gasteiger partial charge in [-0.15, -0.1) is 0 Å². The summed E-state index contributed by atoms with van der Waals surface area (Å²) in [6, 6.07) is 6.03. The van der Waals surface area contributed by atoms with Gasteiger partial charge in [0.15, 0.2) is 0 Å². The Morgan fingerprint density at radius 2 is 1.93 bits per heavy atom. The first-order valence-electron chi connectivity index (χ1n) is 4.70. The van der Waals surface area contributed by atoms with Gasteiger partial charge in [0, 0.05) is 0 Å². The average molecular weight is 217 g/mol. The molecule has 0 unspecified atom stereocenters. The van der Waals surface area contributed by atoms with Crippen LogP contribution in [0.15, 0.2) is 24.3 Å². The summed E-state index contributed by atoms with van der Waals surface area (Å²) in [4.78, 5) is 11.3. The SMILES string of the molecule is CCCCOC(=O)c1ccc(O)cc1.[Na+]. The largest absolute Gasteiger partial charge is 1.00 e. The number of hydrogen-bond donors (Lipinski definition) is 1. The number of ether oxygens (including phenoxy) is 1. The first-order chi connectivity index (χ1) is 6.74. The van der Waals surface area contributed by atoms with E-state index in [-0.39, 0.29) is 41.3 Å². The molecule has 0 bridgehead atoms. The maximum Gasteiger partial charge on any atom is 1.00 e. The molecule has 0 heterocycles. The number of esters is 1. The molecule has 0 aliphatic carbocycles. The van der Waals surface area contributed by atoms with Crippen LogP contribution in [0.3, 0.4) is 0 Å². The van der Waals surface area contributed by atoms with Crippen molar-refractivity contribution in [1.29, 1.82) is 0 Å². The number of unbranched alkanes of at least 4 members (excludes halogenated alkanes) is 1. The van der Waals surface area contributed by atoms with Crippen LogP contribution in [-0.2, 0) is 4.74 Å². The summed E-state index contributed by atoms with van der Waals surface area (Å²) in [5.74, 6) is -0.187. The van der Waals surface area contributed by atoms with Crippen molar-refractivity contribution < 1.29 is 44.2 Å². The van der Waals surface area contributed by atoms with Gasteiger partial charge in [-0.2, -0.15) is 0 Å². The van der Waals surface area contributed by atoms with Crippen molar-refractivity contribution in [2.24, 2.45) is 0 Å². The van der Waals surface area contributed by atoms with Gasteiger partial charge in [-0.25, -0.2) is 4.79 Å². The predicted octanol–water partition coefficient (Wildman–Crippen LogP) is -0.647. The Hall–Kier alpha value is -0.510. The summed E-state index contributed by atoms with van der Waals surface area (Å²) in [6.07, 6.45) is 1.88. The molecular formula is C11H14NaO3+. The summed E-state index contributed by atoms with van der Waals surface area (Å²) in [6.45, 7) is 2.49. The minimum absolute atomic E-state index is 0. The summed E-state index contributed by atoms with van der Waals surface area (Å²) in [5, 5.41) is 9.00. The fourth-order valence-electron chi connectivity index (χ4n) is 0.990. The quantitative estimate of drug-likeness (QED) is 0.414. The molecule has 0 atom stereocenters. The van der Waals surface area contributed by atoms with E-state index in [4.69, 9.17) is 9.84 Å². The molecule has 0 aliphatic rings. The summed E-state index contributed by atoms with van der Waals surface area (Å²) < 4.78 is 4.99. The van der Waals surface area contributed by atoms with Crippen molar-refractivity contribution in [2.45, 2.75) is 19.8 Å². The number of hydrogen-bond acceptors (Lipinski definition) is 3. The molecule has 1 N–H and O–H groups in total. The Morgan fingerprint density at radius 1 is 1.33 bits per heavy atom. The molecule has 1 aromatic carbocycles. The predicted molar refractivity (Wildman–Crippen MR) is 53.3 cm³/mol. The number of benzene rings is 1. The summed E-state index contributed by atoms with van der Waals surface area (Å²) >= 11 is 0. The van der Waals surface area contributed by atoms with Gasteiger partial charge in [-0.3, -0.25) is 0 Å². The Kier molecular flexibility index (Phi) is 7.48. The first kappa shape index (κ1) is 14.5. The minimum atomic E-state index is -0.335. The van der Waals surface area contributed by atoms with E-state index in [2.05, 4.69) is 0 Å². The topological polar surface area (TPSA) is 46.5 Å². The molecule has 3 nitrogen and oxygen atoms in total. The average Bonchev–Trinajstić information content (AvgIpc) is 2.19. The van der Waals surface area contributed by atoms with E-state index < -0.39 is 0 Å². The second-order valence-corrected chi connectivity index (χ2v) is 3.04. The molecule has 1 rings (SSSR count). The number of carbonyl (C=O) groups excluding carboxylic acids is 1. The van der Waals surface area contributed by atoms with E-state index in [1.807, 2.05) is 6.92 Å². The van der Waals surface area contributed by atoms with Crippen LogP contribution < -0.4 is 29.6 Å². The van der Waals surface area contributed by atoms with Crippen molar-refractivity contribution >= 4 is 5.97 Å². The van der Waals surface area contributed by atoms with Crippen LogP contribution in [0.4, 0.5) is 0 Å². The van der Waals surface area contributed by atoms with Crippen LogP contribution in [-0.4, -0.2) is 17.7 Å². The molecule has 0 radical (unpaired) electrons. The standard InChI is InChI=1S/C11H14O3.Na/c1-2-3-8-14-11(13)9-4-6-10(12)7-5-9;/h4-7,12H,2-3,8H2,1H3;/q;+1. The van der Waals surface area contributed by atoms with Crippen LogP contribution in [0.25, 0.3) is 0 Å². The number of rotatable bonds is 4. The van der Waals surface area contributed by atoms with E-state index in [0.29, 0.717) is 12.2 Å². The number of phenolic OH excluding ortho intramolecular Hbond substituents is 1. The molecule has 0 saturated carbocycles. The molecular weight excluding hydrogens is 203 g/mol. The summed E-state index contributed by atoms with van der Waals surface area (Å²) in [7, 11) is 0. The molecule has 0 amide bonds. The smallest absolute Gasteiger partial charge is 0.508 e. The maximum atomic E-state index is 11.3. The zero-order valence-electron chi connectivity index (χ0n) is 9.19. The molecule has 0 saturated heterocycles. The van der Waals surface area contributed by atoms with Gasteiger partial charge < -0.3 is 9.84 Å². The van der Waals surface area contributed by atoms with E-state index in [0.717, 1.165) is 12.8 Å². The van der Waals surface area contributed by atoms with Crippen molar-refractivity contribution in [2.75, 3.05) is 6.61 Å². The van der Waals surface area contributed by atoms with Crippen LogP contribution in [0.1, 0.15) is 30.1 Å². The van der Waals surface area contributed by atoms with Crippen LogP contribution in [0.2, 0.25) is 0 Å². The molecule has 0 spiro atoms. The first-order valence-corrected chi connectivity index (χ1v) is 4.70.